The van der Waals surface area contributed by atoms with Crippen molar-refractivity contribution in [3.8, 4) is 0 Å². The van der Waals surface area contributed by atoms with E-state index >= 15 is 4.39 Å². The Balaban J connectivity index is 0.000000571. The van der Waals surface area contributed by atoms with E-state index in [1.54, 1.807) is 31.4 Å². The van der Waals surface area contributed by atoms with E-state index in [4.69, 9.17) is 21.1 Å². The molecule has 1 amide bonds. The van der Waals surface area contributed by atoms with Crippen molar-refractivity contribution >= 4 is 52.2 Å². The molecular weight excluding hydrogens is 993 g/mol. The van der Waals surface area contributed by atoms with Gasteiger partial charge in [0.05, 0.1) is 5.69 Å². The summed E-state index contributed by atoms with van der Waals surface area (Å²) in [5.41, 5.74) is 9.69. The first-order chi connectivity index (χ1) is 36.0. The molecule has 418 valence electrons. The van der Waals surface area contributed by atoms with Crippen molar-refractivity contribution in [3.63, 3.8) is 0 Å². The number of morpholine rings is 1. The van der Waals surface area contributed by atoms with Gasteiger partial charge >= 0.3 is 51.4 Å². The van der Waals surface area contributed by atoms with Crippen LogP contribution in [0.4, 0.5) is 27.3 Å². The van der Waals surface area contributed by atoms with Crippen molar-refractivity contribution in [2.24, 2.45) is 23.2 Å². The summed E-state index contributed by atoms with van der Waals surface area (Å²) in [5.74, 6) is 2.55. The number of hydrogen-bond acceptors (Lipinski definition) is 11. The van der Waals surface area contributed by atoms with Crippen molar-refractivity contribution in [1.82, 2.24) is 19.7 Å². The van der Waals surface area contributed by atoms with Crippen LogP contribution in [-0.4, -0.2) is 108 Å². The number of piperazine rings is 1. The Kier molecular flexibility index (Phi) is 28.1. The zero-order valence-corrected chi connectivity index (χ0v) is 52.9. The second-order valence-corrected chi connectivity index (χ2v) is 22.3. The summed E-state index contributed by atoms with van der Waals surface area (Å²) >= 11 is 0. The molecule has 2 aromatic carbocycles. The van der Waals surface area contributed by atoms with Crippen LogP contribution < -0.4 is 66.5 Å². The van der Waals surface area contributed by atoms with Gasteiger partial charge in [-0.2, -0.15) is 5.57 Å². The van der Waals surface area contributed by atoms with Crippen LogP contribution in [0.25, 0.3) is 5.57 Å². The average Bonchev–Trinajstić information content (AvgIpc) is 3.39. The van der Waals surface area contributed by atoms with E-state index in [0.29, 0.717) is 71.9 Å². The van der Waals surface area contributed by atoms with E-state index in [1.165, 1.54) is 36.2 Å². The third kappa shape index (κ3) is 19.6. The molecule has 2 unspecified atom stereocenters. The predicted octanol–water partition coefficient (Wildman–Crippen LogP) is 9.92. The maximum Gasteiger partial charge on any atom is 1.00 e. The second kappa shape index (κ2) is 32.2. The summed E-state index contributed by atoms with van der Waals surface area (Å²) < 4.78 is 20.7. The number of fused-ring (bicyclic) bond motifs is 1. The van der Waals surface area contributed by atoms with Crippen LogP contribution in [0.2, 0.25) is 0 Å². The number of ketones is 2. The number of pyridine rings is 1. The largest absolute Gasteiger partial charge is 1.00 e. The van der Waals surface area contributed by atoms with Gasteiger partial charge in [0.25, 0.3) is 0 Å². The first kappa shape index (κ1) is 67.1. The number of carbonyl (C=O) groups is 4. The van der Waals surface area contributed by atoms with Crippen LogP contribution in [0.1, 0.15) is 156 Å². The summed E-state index contributed by atoms with van der Waals surface area (Å²) in [5, 5.41) is 3.48. The maximum absolute atomic E-state index is 15.2. The number of anilines is 4. The molecular formula is C63H92FKN7O5-. The molecule has 0 aliphatic carbocycles. The van der Waals surface area contributed by atoms with Gasteiger partial charge in [0.15, 0.2) is 5.78 Å². The number of ether oxygens (including phenoxy) is 1. The molecule has 12 nitrogen and oxygen atoms in total. The molecule has 2 atom stereocenters. The summed E-state index contributed by atoms with van der Waals surface area (Å²) in [4.78, 5) is 60.3. The number of nitrogens with zero attached hydrogens (tertiary/aromatic N) is 6. The van der Waals surface area contributed by atoms with Crippen LogP contribution in [-0.2, 0) is 32.1 Å². The Morgan fingerprint density at radius 2 is 1.55 bits per heavy atom. The molecule has 7 rings (SSSR count). The third-order valence-corrected chi connectivity index (χ3v) is 15.4. The van der Waals surface area contributed by atoms with Gasteiger partial charge in [0, 0.05) is 120 Å². The smallest absolute Gasteiger partial charge is 0.438 e. The van der Waals surface area contributed by atoms with E-state index < -0.39 is 0 Å². The first-order valence-electron chi connectivity index (χ1n) is 27.8. The van der Waals surface area contributed by atoms with Crippen molar-refractivity contribution in [2.45, 2.75) is 148 Å². The van der Waals surface area contributed by atoms with E-state index in [9.17, 15) is 14.4 Å². The number of rotatable bonds is 16. The molecule has 4 aliphatic rings. The molecule has 0 spiro atoms. The number of allylic oxidation sites excluding steroid dienone is 2. The fourth-order valence-electron chi connectivity index (χ4n) is 9.39. The molecule has 0 bridgehead atoms. The zero-order valence-electron chi connectivity index (χ0n) is 49.8. The molecule has 3 saturated heterocycles. The average molecular weight is 1090 g/mol. The van der Waals surface area contributed by atoms with E-state index in [1.807, 2.05) is 27.0 Å². The van der Waals surface area contributed by atoms with Crippen LogP contribution >= 0.6 is 0 Å². The Morgan fingerprint density at radius 1 is 0.909 bits per heavy atom. The number of amides is 1. The second-order valence-electron chi connectivity index (χ2n) is 22.3. The third-order valence-electron chi connectivity index (χ3n) is 15.4. The minimum Gasteiger partial charge on any atom is -0.438 e. The summed E-state index contributed by atoms with van der Waals surface area (Å²) in [6, 6.07) is 14.2. The molecule has 1 N–H and O–H groups in total. The van der Waals surface area contributed by atoms with Gasteiger partial charge in [-0.15, -0.1) is 12.6 Å². The van der Waals surface area contributed by atoms with Crippen LogP contribution in [0.3, 0.4) is 0 Å². The molecule has 3 fully saturated rings. The van der Waals surface area contributed by atoms with Gasteiger partial charge in [-0.25, -0.2) is 9.37 Å². The number of hydrogen-bond donors (Lipinski definition) is 1. The zero-order chi connectivity index (χ0) is 56.4. The quantitative estimate of drug-likeness (QED) is 0.0640. The monoisotopic (exact) mass is 1080 g/mol. The molecule has 1 aromatic heterocycles. The number of carbonyl (C=O) groups excluding carboxylic acids is 4. The van der Waals surface area contributed by atoms with Crippen molar-refractivity contribution in [1.29, 1.82) is 0 Å². The van der Waals surface area contributed by atoms with Gasteiger partial charge in [-0.3, -0.25) is 25.9 Å². The van der Waals surface area contributed by atoms with E-state index in [-0.39, 0.29) is 74.8 Å². The van der Waals surface area contributed by atoms with Crippen LogP contribution in [0, 0.1) is 42.2 Å². The number of benzene rings is 2. The Morgan fingerprint density at radius 3 is 2.08 bits per heavy atom. The standard InChI is InChI=1S/C43H50FN7O3.C10H20O.C8H18.C2H4O.K/c1-7-42(53)38-21-39(44)40(22-37(38)28(2)3)50-25-36(26-50)48-16-14-47(15-17-48)35-10-8-34(9-11-35)46-43-20-33-24-49(13-12-32(33)23-45-43)30(5)29(4)41-27-54-19-18-51(41)31(6)52;1-5-9(4)10(11)7-6-8(2)3;1-6-7(2)8(3,4)5;1-2-3;/h5,8-11,20-23,27,36H,2,7,12-19,24-26H2,1,3-4,6H3,(H,45,46);8-9H,5-7H2,1-4H3;7H,6H2,1-5H3;2H,1H3;/q-2;;;;+1/b41-29+;;;;. The predicted molar refractivity (Wildman–Crippen MR) is 311 cm³/mol. The topological polar surface area (TPSA) is 119 Å². The molecule has 0 saturated carbocycles. The van der Waals surface area contributed by atoms with Gasteiger partial charge in [0.2, 0.25) is 5.91 Å². The molecule has 14 heteroatoms. The number of Topliss-reactive ketones (excluding diaryl/α,β-unsaturated/α-hetero) is 2. The molecule has 4 aliphatic heterocycles. The summed E-state index contributed by atoms with van der Waals surface area (Å²) in [6.45, 7) is 48.4. The van der Waals surface area contributed by atoms with Crippen LogP contribution in [0.5, 0.6) is 0 Å². The summed E-state index contributed by atoms with van der Waals surface area (Å²) in [7, 11) is 0. The molecule has 5 heterocycles. The Bertz CT molecular complexity index is 2470. The van der Waals surface area contributed by atoms with Gasteiger partial charge in [0.1, 0.15) is 23.7 Å². The van der Waals surface area contributed by atoms with Crippen molar-refractivity contribution in [2.75, 3.05) is 74.1 Å². The first-order valence-corrected chi connectivity index (χ1v) is 27.8. The Labute approximate surface area is 506 Å². The molecule has 77 heavy (non-hydrogen) atoms. The Hall–Kier alpha value is -4.15. The van der Waals surface area contributed by atoms with E-state index in [2.05, 4.69) is 117 Å². The van der Waals surface area contributed by atoms with Gasteiger partial charge in [-0.1, -0.05) is 100 Å². The van der Waals surface area contributed by atoms with Crippen molar-refractivity contribution < 1.29 is 79.7 Å². The fourth-order valence-corrected chi connectivity index (χ4v) is 9.39. The number of halogens is 1. The SMILES string of the molecule is CC=O.CCC(C)C(=O)CCC(C)C.CCC(C)C(C)(C)C.[CH-]=C(/C(C)=C1\[CH-]OCCN1C(C)=O)N1CCc2cnc(Nc3ccc(N4CCN(C5CN(c6cc(C(=C)C)c(C(=O)CC)cc6F)C5)CC4)cc3)cc2C1.[K+]. The normalized spacial score (nSPS) is 16.9. The minimum atomic E-state index is -0.344. The molecule has 3 aromatic rings. The summed E-state index contributed by atoms with van der Waals surface area (Å²) in [6.07, 6.45) is 7.96. The number of aldehydes is 1. The maximum atomic E-state index is 15.2. The minimum absolute atomic E-state index is 0. The van der Waals surface area contributed by atoms with E-state index in [0.717, 1.165) is 112 Å². The molecule has 0 radical (unpaired) electrons. The van der Waals surface area contributed by atoms with Gasteiger partial charge < -0.3 is 34.4 Å². The van der Waals surface area contributed by atoms with Gasteiger partial charge in [-0.05, 0) is 110 Å². The fraction of sp³-hybridized carbons (Fsp3) is 0.556. The van der Waals surface area contributed by atoms with Crippen LogP contribution in [0.15, 0.2) is 72.2 Å². The number of aromatic nitrogens is 1. The number of nitrogens with one attached hydrogen (secondary N) is 1. The van der Waals surface area contributed by atoms with Crippen molar-refractivity contribution in [3.05, 3.63) is 113 Å².